The fraction of sp³-hybridized carbons (Fsp3) is 0.154. The van der Waals surface area contributed by atoms with E-state index in [1.54, 1.807) is 31.2 Å². The molecule has 0 aliphatic heterocycles. The Balaban J connectivity index is 2.24. The number of amides is 1. The van der Waals surface area contributed by atoms with E-state index in [0.717, 1.165) is 0 Å². The Morgan fingerprint density at radius 1 is 1.32 bits per heavy atom. The van der Waals surface area contributed by atoms with Gasteiger partial charge in [-0.25, -0.2) is 5.10 Å². The molecule has 0 fully saturated rings. The number of para-hydroxylation sites is 1. The lowest BCUT2D eigenvalue weighted by molar-refractivity contribution is 0.102. The summed E-state index contributed by atoms with van der Waals surface area (Å²) in [6.45, 7) is 1.61. The van der Waals surface area contributed by atoms with Gasteiger partial charge in [-0.1, -0.05) is 18.2 Å². The monoisotopic (exact) mass is 259 g/mol. The highest BCUT2D eigenvalue weighted by molar-refractivity contribution is 6.03. The lowest BCUT2D eigenvalue weighted by Gasteiger charge is -2.12. The van der Waals surface area contributed by atoms with Crippen LogP contribution in [0.1, 0.15) is 29.1 Å². The average molecular weight is 259 g/mol. The number of aliphatic hydroxyl groups excluding tert-OH is 1. The van der Waals surface area contributed by atoms with Crippen molar-refractivity contribution < 1.29 is 9.90 Å². The summed E-state index contributed by atoms with van der Waals surface area (Å²) in [5.41, 5.74) is 0.844. The highest BCUT2D eigenvalue weighted by Crippen LogP contribution is 2.22. The molecule has 0 spiro atoms. The van der Waals surface area contributed by atoms with Crippen molar-refractivity contribution in [2.24, 2.45) is 0 Å². The van der Waals surface area contributed by atoms with Crippen LogP contribution >= 0.6 is 0 Å². The van der Waals surface area contributed by atoms with E-state index in [9.17, 15) is 14.7 Å². The molecule has 3 N–H and O–H groups in total. The summed E-state index contributed by atoms with van der Waals surface area (Å²) < 4.78 is 0. The van der Waals surface area contributed by atoms with E-state index in [0.29, 0.717) is 11.3 Å². The number of nitrogens with one attached hydrogen (secondary N) is 2. The summed E-state index contributed by atoms with van der Waals surface area (Å²) in [5, 5.41) is 18.1. The molecular weight excluding hydrogens is 246 g/mol. The third-order valence-corrected chi connectivity index (χ3v) is 2.57. The van der Waals surface area contributed by atoms with E-state index in [-0.39, 0.29) is 11.3 Å². The number of aromatic nitrogens is 2. The Morgan fingerprint density at radius 3 is 2.68 bits per heavy atom. The number of carbonyl (C=O) groups is 1. The predicted molar refractivity (Wildman–Crippen MR) is 69.9 cm³/mol. The lowest BCUT2D eigenvalue weighted by atomic mass is 10.1. The fourth-order valence-corrected chi connectivity index (χ4v) is 1.63. The normalized spacial score (nSPS) is 11.9. The van der Waals surface area contributed by atoms with Gasteiger partial charge in [0.15, 0.2) is 0 Å². The average Bonchev–Trinajstić information content (AvgIpc) is 2.39. The van der Waals surface area contributed by atoms with Crippen molar-refractivity contribution in [3.8, 4) is 0 Å². The minimum atomic E-state index is -0.694. The maximum absolute atomic E-state index is 11.9. The minimum Gasteiger partial charge on any atom is -0.389 e. The first-order valence-corrected chi connectivity index (χ1v) is 5.72. The molecule has 0 aliphatic rings. The van der Waals surface area contributed by atoms with Crippen LogP contribution in [0.5, 0.6) is 0 Å². The molecule has 19 heavy (non-hydrogen) atoms. The summed E-state index contributed by atoms with van der Waals surface area (Å²) in [7, 11) is 0. The van der Waals surface area contributed by atoms with E-state index >= 15 is 0 Å². The highest BCUT2D eigenvalue weighted by atomic mass is 16.3. The zero-order valence-corrected chi connectivity index (χ0v) is 10.3. The van der Waals surface area contributed by atoms with Gasteiger partial charge in [0.05, 0.1) is 6.10 Å². The van der Waals surface area contributed by atoms with Gasteiger partial charge in [-0.05, 0) is 19.1 Å². The lowest BCUT2D eigenvalue weighted by Crippen LogP contribution is -2.18. The minimum absolute atomic E-state index is 0.0972. The molecule has 0 saturated heterocycles. The van der Waals surface area contributed by atoms with Gasteiger partial charge in [-0.2, -0.15) is 5.10 Å². The number of aliphatic hydroxyl groups is 1. The molecule has 1 unspecified atom stereocenters. The van der Waals surface area contributed by atoms with Crippen LogP contribution in [0.4, 0.5) is 5.69 Å². The number of nitrogens with zero attached hydrogens (tertiary/aromatic N) is 1. The smallest absolute Gasteiger partial charge is 0.276 e. The molecule has 98 valence electrons. The maximum Gasteiger partial charge on any atom is 0.276 e. The molecule has 0 aliphatic carbocycles. The van der Waals surface area contributed by atoms with Gasteiger partial charge in [-0.15, -0.1) is 0 Å². The molecule has 1 aromatic carbocycles. The molecule has 0 radical (unpaired) electrons. The van der Waals surface area contributed by atoms with Crippen molar-refractivity contribution in [1.29, 1.82) is 0 Å². The Hall–Kier alpha value is -2.47. The summed E-state index contributed by atoms with van der Waals surface area (Å²) in [6, 6.07) is 9.49. The molecule has 1 aromatic heterocycles. The third-order valence-electron chi connectivity index (χ3n) is 2.57. The van der Waals surface area contributed by atoms with E-state index in [1.165, 1.54) is 12.1 Å². The molecule has 2 aromatic rings. The number of hydrogen-bond donors (Lipinski definition) is 3. The summed E-state index contributed by atoms with van der Waals surface area (Å²) in [4.78, 5) is 22.8. The Labute approximate surface area is 109 Å². The van der Waals surface area contributed by atoms with Crippen LogP contribution in [0.15, 0.2) is 41.2 Å². The van der Waals surface area contributed by atoms with Crippen LogP contribution in [0.25, 0.3) is 0 Å². The van der Waals surface area contributed by atoms with E-state index in [2.05, 4.69) is 15.5 Å². The number of rotatable bonds is 3. The fourth-order valence-electron chi connectivity index (χ4n) is 1.63. The number of aromatic amines is 1. The van der Waals surface area contributed by atoms with Crippen molar-refractivity contribution >= 4 is 11.6 Å². The van der Waals surface area contributed by atoms with Crippen LogP contribution in [0, 0.1) is 0 Å². The highest BCUT2D eigenvalue weighted by Gasteiger charge is 2.12. The second kappa shape index (κ2) is 5.45. The molecular formula is C13H13N3O3. The van der Waals surface area contributed by atoms with Crippen LogP contribution in [-0.4, -0.2) is 21.2 Å². The van der Waals surface area contributed by atoms with Crippen LogP contribution in [-0.2, 0) is 0 Å². The van der Waals surface area contributed by atoms with Gasteiger partial charge in [0.1, 0.15) is 5.69 Å². The van der Waals surface area contributed by atoms with Crippen molar-refractivity contribution in [2.45, 2.75) is 13.0 Å². The molecule has 6 heteroatoms. The Kier molecular flexibility index (Phi) is 3.72. The van der Waals surface area contributed by atoms with Gasteiger partial charge >= 0.3 is 0 Å². The number of H-pyrrole nitrogens is 1. The van der Waals surface area contributed by atoms with Gasteiger partial charge in [0, 0.05) is 17.3 Å². The van der Waals surface area contributed by atoms with Crippen LogP contribution in [0.3, 0.4) is 0 Å². The summed E-state index contributed by atoms with van der Waals surface area (Å²) >= 11 is 0. The topological polar surface area (TPSA) is 95.1 Å². The quantitative estimate of drug-likeness (QED) is 0.768. The van der Waals surface area contributed by atoms with E-state index in [1.807, 2.05) is 0 Å². The predicted octanol–water partition coefficient (Wildman–Crippen LogP) is 1.08. The molecule has 0 bridgehead atoms. The first kappa shape index (κ1) is 13.0. The van der Waals surface area contributed by atoms with Gasteiger partial charge < -0.3 is 10.4 Å². The van der Waals surface area contributed by atoms with Gasteiger partial charge in [-0.3, -0.25) is 9.59 Å². The third kappa shape index (κ3) is 3.05. The zero-order chi connectivity index (χ0) is 13.8. The summed E-state index contributed by atoms with van der Waals surface area (Å²) in [6.07, 6.45) is -0.694. The summed E-state index contributed by atoms with van der Waals surface area (Å²) in [5.74, 6) is -0.454. The van der Waals surface area contributed by atoms with Gasteiger partial charge in [0.25, 0.3) is 11.5 Å². The maximum atomic E-state index is 11.9. The van der Waals surface area contributed by atoms with Crippen LogP contribution in [0.2, 0.25) is 0 Å². The van der Waals surface area contributed by atoms with Crippen molar-refractivity contribution in [3.05, 3.63) is 58.0 Å². The first-order valence-electron chi connectivity index (χ1n) is 5.72. The molecule has 1 amide bonds. The van der Waals surface area contributed by atoms with Gasteiger partial charge in [0.2, 0.25) is 0 Å². The first-order chi connectivity index (χ1) is 9.08. The molecule has 6 nitrogen and oxygen atoms in total. The SMILES string of the molecule is CC(O)c1ccccc1NC(=O)c1ccc(=O)[nH]n1. The van der Waals surface area contributed by atoms with Crippen LogP contribution < -0.4 is 10.9 Å². The van der Waals surface area contributed by atoms with Crippen molar-refractivity contribution in [3.63, 3.8) is 0 Å². The second-order valence-corrected chi connectivity index (χ2v) is 4.02. The van der Waals surface area contributed by atoms with E-state index in [4.69, 9.17) is 0 Å². The van der Waals surface area contributed by atoms with E-state index < -0.39 is 12.0 Å². The number of benzene rings is 1. The molecule has 0 saturated carbocycles. The zero-order valence-electron chi connectivity index (χ0n) is 10.3. The Bertz CT molecular complexity index is 629. The number of hydrogen-bond acceptors (Lipinski definition) is 4. The molecule has 2 rings (SSSR count). The number of anilines is 1. The largest absolute Gasteiger partial charge is 0.389 e. The molecule has 1 heterocycles. The van der Waals surface area contributed by atoms with Crippen molar-refractivity contribution in [1.82, 2.24) is 10.2 Å². The Morgan fingerprint density at radius 2 is 2.05 bits per heavy atom. The standard InChI is InChI=1S/C13H13N3O3/c1-8(17)9-4-2-3-5-10(9)14-13(19)11-6-7-12(18)16-15-11/h2-8,17H,1H3,(H,14,19)(H,16,18). The second-order valence-electron chi connectivity index (χ2n) is 4.02. The van der Waals surface area contributed by atoms with Crippen molar-refractivity contribution in [2.75, 3.05) is 5.32 Å². The molecule has 1 atom stereocenters. The number of carbonyl (C=O) groups excluding carboxylic acids is 1.